The molecule has 0 aliphatic heterocycles. The van der Waals surface area contributed by atoms with Gasteiger partial charge in [-0.25, -0.2) is 4.79 Å². The van der Waals surface area contributed by atoms with Crippen molar-refractivity contribution in [2.75, 3.05) is 20.3 Å². The summed E-state index contributed by atoms with van der Waals surface area (Å²) in [7, 11) is 1.59. The van der Waals surface area contributed by atoms with Crippen molar-refractivity contribution in [3.8, 4) is 0 Å². The van der Waals surface area contributed by atoms with Crippen LogP contribution in [0.25, 0.3) is 11.0 Å². The molecular formula is C19H23N3O4. The average molecular weight is 357 g/mol. The summed E-state index contributed by atoms with van der Waals surface area (Å²) in [4.78, 5) is 27.3. The number of benzene rings is 1. The summed E-state index contributed by atoms with van der Waals surface area (Å²) in [5.74, 6) is 0.539. The molecule has 0 aliphatic rings. The van der Waals surface area contributed by atoms with Crippen LogP contribution in [0, 0.1) is 0 Å². The molecule has 26 heavy (non-hydrogen) atoms. The highest BCUT2D eigenvalue weighted by Crippen LogP contribution is 2.13. The molecule has 7 nitrogen and oxygen atoms in total. The summed E-state index contributed by atoms with van der Waals surface area (Å²) in [6, 6.07) is 11.1. The summed E-state index contributed by atoms with van der Waals surface area (Å²) < 4.78 is 13.7. The Balaban J connectivity index is 1.88. The number of para-hydroxylation sites is 2. The van der Waals surface area contributed by atoms with E-state index < -0.39 is 0 Å². The van der Waals surface area contributed by atoms with E-state index in [9.17, 15) is 9.59 Å². The highest BCUT2D eigenvalue weighted by atomic mass is 16.5. The van der Waals surface area contributed by atoms with E-state index in [0.29, 0.717) is 32.0 Å². The number of carbonyl (C=O) groups excluding carboxylic acids is 1. The molecule has 1 aromatic carbocycles. The van der Waals surface area contributed by atoms with Crippen LogP contribution in [0.2, 0.25) is 0 Å². The average Bonchev–Trinajstić information content (AvgIpc) is 3.25. The summed E-state index contributed by atoms with van der Waals surface area (Å²) >= 11 is 0. The fourth-order valence-electron chi connectivity index (χ4n) is 3.05. The zero-order valence-electron chi connectivity index (χ0n) is 15.1. The molecule has 0 saturated carbocycles. The van der Waals surface area contributed by atoms with Crippen molar-refractivity contribution in [2.24, 2.45) is 0 Å². The Morgan fingerprint density at radius 1 is 1.15 bits per heavy atom. The van der Waals surface area contributed by atoms with Gasteiger partial charge in [0.1, 0.15) is 12.3 Å². The molecule has 0 spiro atoms. The van der Waals surface area contributed by atoms with Gasteiger partial charge >= 0.3 is 5.69 Å². The monoisotopic (exact) mass is 357 g/mol. The predicted octanol–water partition coefficient (Wildman–Crippen LogP) is 2.09. The molecule has 7 heteroatoms. The van der Waals surface area contributed by atoms with E-state index in [1.54, 1.807) is 28.9 Å². The van der Waals surface area contributed by atoms with E-state index in [4.69, 9.17) is 9.15 Å². The predicted molar refractivity (Wildman–Crippen MR) is 97.9 cm³/mol. The van der Waals surface area contributed by atoms with Crippen LogP contribution in [0.5, 0.6) is 0 Å². The van der Waals surface area contributed by atoms with Gasteiger partial charge in [-0.3, -0.25) is 13.9 Å². The molecule has 2 aromatic heterocycles. The molecule has 1 amide bonds. The number of amides is 1. The van der Waals surface area contributed by atoms with Crippen LogP contribution in [-0.2, 0) is 29.2 Å². The Hall–Kier alpha value is -2.80. The van der Waals surface area contributed by atoms with Gasteiger partial charge < -0.3 is 14.1 Å². The second-order valence-electron chi connectivity index (χ2n) is 5.99. The second kappa shape index (κ2) is 8.05. The van der Waals surface area contributed by atoms with Gasteiger partial charge in [-0.15, -0.1) is 0 Å². The van der Waals surface area contributed by atoms with Crippen molar-refractivity contribution in [3.63, 3.8) is 0 Å². The number of imidazole rings is 1. The zero-order chi connectivity index (χ0) is 18.5. The fourth-order valence-corrected chi connectivity index (χ4v) is 3.05. The Labute approximate surface area is 151 Å². The van der Waals surface area contributed by atoms with E-state index in [1.165, 1.54) is 4.57 Å². The number of hydrogen-bond acceptors (Lipinski definition) is 4. The van der Waals surface area contributed by atoms with Crippen LogP contribution < -0.4 is 5.69 Å². The van der Waals surface area contributed by atoms with E-state index in [2.05, 4.69) is 0 Å². The summed E-state index contributed by atoms with van der Waals surface area (Å²) in [6.07, 6.45) is 1.58. The number of ether oxygens (including phenoxy) is 1. The minimum Gasteiger partial charge on any atom is -0.467 e. The van der Waals surface area contributed by atoms with Crippen LogP contribution in [0.4, 0.5) is 0 Å². The van der Waals surface area contributed by atoms with Gasteiger partial charge in [0.15, 0.2) is 0 Å². The van der Waals surface area contributed by atoms with E-state index in [0.717, 1.165) is 11.0 Å². The maximum atomic E-state index is 12.9. The van der Waals surface area contributed by atoms with Crippen molar-refractivity contribution < 1.29 is 13.9 Å². The number of rotatable bonds is 8. The molecule has 2 heterocycles. The highest BCUT2D eigenvalue weighted by molar-refractivity contribution is 5.81. The van der Waals surface area contributed by atoms with Gasteiger partial charge in [0.2, 0.25) is 5.91 Å². The molecule has 0 radical (unpaired) electrons. The van der Waals surface area contributed by atoms with Crippen molar-refractivity contribution in [1.29, 1.82) is 0 Å². The first kappa shape index (κ1) is 18.0. The molecule has 0 unspecified atom stereocenters. The first-order chi connectivity index (χ1) is 12.7. The third-order valence-corrected chi connectivity index (χ3v) is 4.38. The third kappa shape index (κ3) is 3.57. The molecule has 0 aliphatic carbocycles. The lowest BCUT2D eigenvalue weighted by Crippen LogP contribution is -2.38. The molecule has 0 saturated heterocycles. The van der Waals surface area contributed by atoms with E-state index in [-0.39, 0.29) is 18.1 Å². The second-order valence-corrected chi connectivity index (χ2v) is 5.99. The maximum Gasteiger partial charge on any atom is 0.329 e. The summed E-state index contributed by atoms with van der Waals surface area (Å²) in [6.45, 7) is 3.64. The lowest BCUT2D eigenvalue weighted by Gasteiger charge is -2.21. The maximum absolute atomic E-state index is 12.9. The number of methoxy groups -OCH3 is 1. The Morgan fingerprint density at radius 3 is 2.50 bits per heavy atom. The number of aryl methyl sites for hydroxylation is 1. The molecule has 0 fully saturated rings. The Morgan fingerprint density at radius 2 is 1.88 bits per heavy atom. The van der Waals surface area contributed by atoms with Gasteiger partial charge in [0, 0.05) is 20.2 Å². The molecular weight excluding hydrogens is 334 g/mol. The summed E-state index contributed by atoms with van der Waals surface area (Å²) in [5.41, 5.74) is 1.42. The smallest absolute Gasteiger partial charge is 0.329 e. The fraction of sp³-hybridized carbons (Fsp3) is 0.368. The highest BCUT2D eigenvalue weighted by Gasteiger charge is 2.19. The quantitative estimate of drug-likeness (QED) is 0.619. The topological polar surface area (TPSA) is 69.6 Å². The lowest BCUT2D eigenvalue weighted by atomic mass is 10.3. The van der Waals surface area contributed by atoms with Crippen LogP contribution in [0.3, 0.4) is 0 Å². The first-order valence-corrected chi connectivity index (χ1v) is 8.62. The Kier molecular flexibility index (Phi) is 5.58. The largest absolute Gasteiger partial charge is 0.467 e. The number of aromatic nitrogens is 2. The molecule has 3 aromatic rings. The Bertz CT molecular complexity index is 924. The molecule has 3 rings (SSSR count). The SMILES string of the molecule is CCn1c(=O)n(CC(=O)N(CCOC)Cc2ccco2)c2ccccc21. The normalized spacial score (nSPS) is 11.2. The van der Waals surface area contributed by atoms with Gasteiger partial charge in [0.25, 0.3) is 0 Å². The molecule has 0 bridgehead atoms. The third-order valence-electron chi connectivity index (χ3n) is 4.38. The van der Waals surface area contributed by atoms with Crippen molar-refractivity contribution in [2.45, 2.75) is 26.6 Å². The van der Waals surface area contributed by atoms with Crippen molar-refractivity contribution in [1.82, 2.24) is 14.0 Å². The molecule has 0 atom stereocenters. The van der Waals surface area contributed by atoms with E-state index >= 15 is 0 Å². The van der Waals surface area contributed by atoms with Gasteiger partial charge in [-0.1, -0.05) is 12.1 Å². The van der Waals surface area contributed by atoms with Gasteiger partial charge in [-0.2, -0.15) is 0 Å². The number of nitrogens with zero attached hydrogens (tertiary/aromatic N) is 3. The minimum absolute atomic E-state index is 0.0171. The summed E-state index contributed by atoms with van der Waals surface area (Å²) in [5, 5.41) is 0. The lowest BCUT2D eigenvalue weighted by molar-refractivity contribution is -0.133. The van der Waals surface area contributed by atoms with Crippen LogP contribution in [0.1, 0.15) is 12.7 Å². The van der Waals surface area contributed by atoms with Gasteiger partial charge in [-0.05, 0) is 31.2 Å². The van der Waals surface area contributed by atoms with Crippen LogP contribution in [0.15, 0.2) is 51.9 Å². The molecule has 0 N–H and O–H groups in total. The molecule has 138 valence electrons. The standard InChI is InChI=1S/C19H23N3O4/c1-3-21-16-8-4-5-9-17(16)22(19(21)24)14-18(23)20(10-12-25-2)13-15-7-6-11-26-15/h4-9,11H,3,10,12-14H2,1-2H3. The van der Waals surface area contributed by atoms with Gasteiger partial charge in [0.05, 0.1) is 30.4 Å². The van der Waals surface area contributed by atoms with Crippen molar-refractivity contribution in [3.05, 3.63) is 58.9 Å². The number of furan rings is 1. The minimum atomic E-state index is -0.174. The number of fused-ring (bicyclic) bond motifs is 1. The van der Waals surface area contributed by atoms with E-state index in [1.807, 2.05) is 37.3 Å². The first-order valence-electron chi connectivity index (χ1n) is 8.62. The number of carbonyl (C=O) groups is 1. The van der Waals surface area contributed by atoms with Crippen molar-refractivity contribution >= 4 is 16.9 Å². The number of hydrogen-bond donors (Lipinski definition) is 0. The van der Waals surface area contributed by atoms with Crippen LogP contribution >= 0.6 is 0 Å². The van der Waals surface area contributed by atoms with Crippen LogP contribution in [-0.4, -0.2) is 40.2 Å². The zero-order valence-corrected chi connectivity index (χ0v) is 15.1.